The van der Waals surface area contributed by atoms with E-state index in [2.05, 4.69) is 28.7 Å². The number of hydrogen-bond donors (Lipinski definition) is 2. The predicted octanol–water partition coefficient (Wildman–Crippen LogP) is 1.53. The van der Waals surface area contributed by atoms with Gasteiger partial charge in [-0.3, -0.25) is 5.43 Å². The summed E-state index contributed by atoms with van der Waals surface area (Å²) in [6.45, 7) is 5.27. The van der Waals surface area contributed by atoms with Crippen LogP contribution < -0.4 is 10.7 Å². The predicted molar refractivity (Wildman–Crippen MR) is 72.9 cm³/mol. The van der Waals surface area contributed by atoms with E-state index in [1.54, 1.807) is 0 Å². The van der Waals surface area contributed by atoms with Gasteiger partial charge in [0, 0.05) is 18.8 Å². The fourth-order valence-electron chi connectivity index (χ4n) is 1.68. The third-order valence-electron chi connectivity index (χ3n) is 2.66. The van der Waals surface area contributed by atoms with Gasteiger partial charge < -0.3 is 10.1 Å². The maximum absolute atomic E-state index is 5.27. The number of benzene rings is 1. The number of aryl methyl sites for hydroxylation is 1. The highest BCUT2D eigenvalue weighted by Gasteiger charge is 2.11. The molecule has 1 fully saturated rings. The molecule has 0 spiro atoms. The van der Waals surface area contributed by atoms with Crippen LogP contribution in [-0.2, 0) is 4.74 Å². The van der Waals surface area contributed by atoms with Crippen LogP contribution in [0, 0.1) is 6.92 Å². The Morgan fingerprint density at radius 1 is 1.29 bits per heavy atom. The average molecular weight is 251 g/mol. The molecule has 0 unspecified atom stereocenters. The molecule has 0 aromatic heterocycles. The molecule has 0 saturated carbocycles. The van der Waals surface area contributed by atoms with E-state index in [-0.39, 0.29) is 0 Å². The Labute approximate surface area is 107 Å². The lowest BCUT2D eigenvalue weighted by atomic mass is 10.2. The molecule has 0 radical (unpaired) electrons. The molecule has 1 saturated heterocycles. The van der Waals surface area contributed by atoms with E-state index in [0.717, 1.165) is 32.0 Å². The second-order valence-corrected chi connectivity index (χ2v) is 4.39. The standard InChI is InChI=1S/C12H17N3OS/c1-10-4-2-3-5-11(10)13-12(17)14-15-6-8-16-9-7-15/h2-5H,6-9H2,1H3,(H2,13,14,17). The van der Waals surface area contributed by atoms with Gasteiger partial charge in [0.15, 0.2) is 5.11 Å². The summed E-state index contributed by atoms with van der Waals surface area (Å²) in [5.74, 6) is 0. The van der Waals surface area contributed by atoms with E-state index >= 15 is 0 Å². The van der Waals surface area contributed by atoms with Crippen LogP contribution in [0.3, 0.4) is 0 Å². The van der Waals surface area contributed by atoms with Crippen molar-refractivity contribution in [3.05, 3.63) is 29.8 Å². The first-order valence-electron chi connectivity index (χ1n) is 5.71. The Hall–Kier alpha value is -1.17. The van der Waals surface area contributed by atoms with E-state index in [1.165, 1.54) is 5.56 Å². The van der Waals surface area contributed by atoms with Gasteiger partial charge in [-0.1, -0.05) is 18.2 Å². The molecular formula is C12H17N3OS. The number of anilines is 1. The first kappa shape index (κ1) is 12.3. The van der Waals surface area contributed by atoms with Crippen LogP contribution >= 0.6 is 12.2 Å². The fraction of sp³-hybridized carbons (Fsp3) is 0.417. The molecule has 1 aliphatic rings. The van der Waals surface area contributed by atoms with Crippen molar-refractivity contribution < 1.29 is 4.74 Å². The van der Waals surface area contributed by atoms with Gasteiger partial charge in [-0.05, 0) is 30.8 Å². The number of para-hydroxylation sites is 1. The first-order chi connectivity index (χ1) is 8.25. The molecule has 0 atom stereocenters. The molecule has 4 nitrogen and oxygen atoms in total. The van der Waals surface area contributed by atoms with Crippen molar-refractivity contribution in [1.29, 1.82) is 0 Å². The molecule has 2 N–H and O–H groups in total. The fourth-order valence-corrected chi connectivity index (χ4v) is 1.92. The van der Waals surface area contributed by atoms with Crippen LogP contribution in [-0.4, -0.2) is 36.4 Å². The van der Waals surface area contributed by atoms with Crippen LogP contribution in [0.15, 0.2) is 24.3 Å². The van der Waals surface area contributed by atoms with Crippen molar-refractivity contribution in [2.24, 2.45) is 0 Å². The average Bonchev–Trinajstić information content (AvgIpc) is 2.33. The summed E-state index contributed by atoms with van der Waals surface area (Å²) in [7, 11) is 0. The van der Waals surface area contributed by atoms with Crippen LogP contribution in [0.4, 0.5) is 5.69 Å². The summed E-state index contributed by atoms with van der Waals surface area (Å²) in [5.41, 5.74) is 5.39. The Balaban J connectivity index is 1.86. The minimum absolute atomic E-state index is 0.626. The Morgan fingerprint density at radius 2 is 2.00 bits per heavy atom. The number of hydrazine groups is 1. The third kappa shape index (κ3) is 3.66. The lowest BCUT2D eigenvalue weighted by Gasteiger charge is -2.28. The molecule has 0 amide bonds. The van der Waals surface area contributed by atoms with E-state index in [9.17, 15) is 0 Å². The molecule has 1 aromatic carbocycles. The molecule has 0 aliphatic carbocycles. The minimum Gasteiger partial charge on any atom is -0.379 e. The maximum Gasteiger partial charge on any atom is 0.185 e. The zero-order valence-electron chi connectivity index (χ0n) is 9.90. The summed E-state index contributed by atoms with van der Waals surface area (Å²) in [5, 5.41) is 5.89. The second-order valence-electron chi connectivity index (χ2n) is 3.98. The maximum atomic E-state index is 5.27. The molecule has 1 heterocycles. The van der Waals surface area contributed by atoms with E-state index in [0.29, 0.717) is 5.11 Å². The smallest absolute Gasteiger partial charge is 0.185 e. The first-order valence-corrected chi connectivity index (χ1v) is 6.12. The Morgan fingerprint density at radius 3 is 2.71 bits per heavy atom. The molecule has 1 aliphatic heterocycles. The molecular weight excluding hydrogens is 234 g/mol. The van der Waals surface area contributed by atoms with Gasteiger partial charge >= 0.3 is 0 Å². The summed E-state index contributed by atoms with van der Waals surface area (Å²) in [6, 6.07) is 8.08. The third-order valence-corrected chi connectivity index (χ3v) is 2.86. The normalized spacial score (nSPS) is 16.5. The van der Waals surface area contributed by atoms with Crippen LogP contribution in [0.25, 0.3) is 0 Å². The van der Waals surface area contributed by atoms with Crippen molar-refractivity contribution in [2.45, 2.75) is 6.92 Å². The molecule has 92 valence electrons. The Bertz CT molecular complexity index is 391. The number of nitrogens with one attached hydrogen (secondary N) is 2. The zero-order chi connectivity index (χ0) is 12.1. The molecule has 2 rings (SSSR count). The highest BCUT2D eigenvalue weighted by atomic mass is 32.1. The molecule has 0 bridgehead atoms. The van der Waals surface area contributed by atoms with Crippen molar-refractivity contribution in [2.75, 3.05) is 31.6 Å². The number of thiocarbonyl (C=S) groups is 1. The second kappa shape index (κ2) is 5.95. The summed E-state index contributed by atoms with van der Waals surface area (Å²) in [4.78, 5) is 0. The lowest BCUT2D eigenvalue weighted by molar-refractivity contribution is 0.0252. The topological polar surface area (TPSA) is 36.5 Å². The van der Waals surface area contributed by atoms with Crippen LogP contribution in [0.5, 0.6) is 0 Å². The summed E-state index contributed by atoms with van der Waals surface area (Å²) < 4.78 is 5.27. The summed E-state index contributed by atoms with van der Waals surface area (Å²) in [6.07, 6.45) is 0. The van der Waals surface area contributed by atoms with Gasteiger partial charge in [0.1, 0.15) is 0 Å². The molecule has 1 aromatic rings. The van der Waals surface area contributed by atoms with Crippen molar-refractivity contribution in [3.8, 4) is 0 Å². The highest BCUT2D eigenvalue weighted by molar-refractivity contribution is 7.80. The van der Waals surface area contributed by atoms with Crippen molar-refractivity contribution in [1.82, 2.24) is 10.4 Å². The summed E-state index contributed by atoms with van der Waals surface area (Å²) >= 11 is 5.27. The highest BCUT2D eigenvalue weighted by Crippen LogP contribution is 2.12. The largest absolute Gasteiger partial charge is 0.379 e. The monoisotopic (exact) mass is 251 g/mol. The van der Waals surface area contributed by atoms with Gasteiger partial charge in [-0.15, -0.1) is 0 Å². The van der Waals surface area contributed by atoms with Gasteiger partial charge in [0.05, 0.1) is 13.2 Å². The van der Waals surface area contributed by atoms with Crippen LogP contribution in [0.2, 0.25) is 0 Å². The van der Waals surface area contributed by atoms with E-state index in [4.69, 9.17) is 17.0 Å². The van der Waals surface area contributed by atoms with Crippen molar-refractivity contribution in [3.63, 3.8) is 0 Å². The SMILES string of the molecule is Cc1ccccc1NC(=S)NN1CCOCC1. The minimum atomic E-state index is 0.626. The molecule has 17 heavy (non-hydrogen) atoms. The molecule has 5 heteroatoms. The van der Waals surface area contributed by atoms with Gasteiger partial charge in [-0.2, -0.15) is 0 Å². The van der Waals surface area contributed by atoms with Crippen LogP contribution in [0.1, 0.15) is 5.56 Å². The quantitative estimate of drug-likeness (QED) is 0.780. The van der Waals surface area contributed by atoms with E-state index in [1.807, 2.05) is 18.2 Å². The van der Waals surface area contributed by atoms with Gasteiger partial charge in [-0.25, -0.2) is 5.01 Å². The zero-order valence-corrected chi connectivity index (χ0v) is 10.7. The van der Waals surface area contributed by atoms with Gasteiger partial charge in [0.2, 0.25) is 0 Å². The number of nitrogens with zero attached hydrogens (tertiary/aromatic N) is 1. The number of ether oxygens (including phenoxy) is 1. The number of hydrogen-bond acceptors (Lipinski definition) is 3. The Kier molecular flexibility index (Phi) is 4.30. The van der Waals surface area contributed by atoms with E-state index < -0.39 is 0 Å². The van der Waals surface area contributed by atoms with Gasteiger partial charge in [0.25, 0.3) is 0 Å². The number of morpholine rings is 1. The van der Waals surface area contributed by atoms with Crippen molar-refractivity contribution >= 4 is 23.0 Å². The lowest BCUT2D eigenvalue weighted by Crippen LogP contribution is -2.49. The number of rotatable bonds is 2.